The molecule has 0 aliphatic carbocycles. The molecule has 2 aromatic rings. The van der Waals surface area contributed by atoms with Crippen molar-refractivity contribution < 1.29 is 13.9 Å². The number of carbonyl (C=O) groups is 1. The summed E-state index contributed by atoms with van der Waals surface area (Å²) in [5.74, 6) is 2.04. The van der Waals surface area contributed by atoms with Crippen molar-refractivity contribution in [3.8, 4) is 5.75 Å². The number of carbonyl (C=O) groups excluding carboxylic acids is 1. The normalized spacial score (nSPS) is 18.7. The first-order valence-corrected chi connectivity index (χ1v) is 11.0. The van der Waals surface area contributed by atoms with Crippen molar-refractivity contribution in [2.45, 2.75) is 32.8 Å². The predicted octanol–water partition coefficient (Wildman–Crippen LogP) is 2.97. The van der Waals surface area contributed by atoms with Gasteiger partial charge in [-0.3, -0.25) is 4.79 Å². The number of hydrogen-bond acceptors (Lipinski definition) is 6. The van der Waals surface area contributed by atoms with Crippen molar-refractivity contribution in [3.05, 3.63) is 42.2 Å². The summed E-state index contributed by atoms with van der Waals surface area (Å²) in [5.41, 5.74) is 0. The van der Waals surface area contributed by atoms with Crippen molar-refractivity contribution in [2.24, 2.45) is 5.92 Å². The van der Waals surface area contributed by atoms with Gasteiger partial charge in [0, 0.05) is 39.3 Å². The summed E-state index contributed by atoms with van der Waals surface area (Å²) in [6.45, 7) is 8.50. The third-order valence-corrected chi connectivity index (χ3v) is 6.15. The Morgan fingerprint density at radius 3 is 2.13 bits per heavy atom. The largest absolute Gasteiger partial charge is 0.478 e. The average Bonchev–Trinajstić information content (AvgIpc) is 2.81. The van der Waals surface area contributed by atoms with Gasteiger partial charge in [0.2, 0.25) is 0 Å². The van der Waals surface area contributed by atoms with Crippen LogP contribution in [0.5, 0.6) is 5.75 Å². The predicted molar refractivity (Wildman–Crippen MR) is 118 cm³/mol. The number of nitrogens with zero attached hydrogens (tertiary/aromatic N) is 5. The van der Waals surface area contributed by atoms with E-state index in [4.69, 9.17) is 4.74 Å². The highest BCUT2D eigenvalue weighted by atomic mass is 19.1. The Balaban J connectivity index is 1.29. The Bertz CT molecular complexity index is 878. The molecule has 0 radical (unpaired) electrons. The van der Waals surface area contributed by atoms with Crippen LogP contribution in [-0.4, -0.2) is 66.4 Å². The number of rotatable bonds is 5. The van der Waals surface area contributed by atoms with Gasteiger partial charge in [0.1, 0.15) is 0 Å². The minimum absolute atomic E-state index is 0.0977. The van der Waals surface area contributed by atoms with Crippen LogP contribution in [0.4, 0.5) is 16.0 Å². The molecule has 3 heterocycles. The molecule has 4 rings (SSSR count). The van der Waals surface area contributed by atoms with Crippen LogP contribution >= 0.6 is 0 Å². The van der Waals surface area contributed by atoms with E-state index >= 15 is 0 Å². The molecule has 1 unspecified atom stereocenters. The summed E-state index contributed by atoms with van der Waals surface area (Å²) in [6, 6.07) is 10.2. The maximum atomic E-state index is 13.8. The van der Waals surface area contributed by atoms with Gasteiger partial charge in [0.05, 0.1) is 0 Å². The van der Waals surface area contributed by atoms with Crippen molar-refractivity contribution in [1.29, 1.82) is 0 Å². The van der Waals surface area contributed by atoms with Crippen LogP contribution < -0.4 is 14.5 Å². The van der Waals surface area contributed by atoms with Gasteiger partial charge in [-0.2, -0.15) is 0 Å². The van der Waals surface area contributed by atoms with Crippen molar-refractivity contribution in [1.82, 2.24) is 15.1 Å². The summed E-state index contributed by atoms with van der Waals surface area (Å²) in [5, 5.41) is 8.87. The topological polar surface area (TPSA) is 61.8 Å². The standard InChI is InChI=1S/C23H30FN5O2/c1-17-9-11-27(12-10-17)21-7-8-22(26-25-21)28-13-15-29(16-14-28)23(30)18(2)31-20-6-4-3-5-19(20)24/h3-8,17-18H,9-16H2,1-2H3. The lowest BCUT2D eigenvalue weighted by molar-refractivity contribution is -0.138. The third-order valence-electron chi connectivity index (χ3n) is 6.15. The molecular weight excluding hydrogens is 397 g/mol. The Morgan fingerprint density at radius 1 is 0.968 bits per heavy atom. The highest BCUT2D eigenvalue weighted by Gasteiger charge is 2.27. The molecule has 166 valence electrons. The Kier molecular flexibility index (Phi) is 6.53. The molecule has 31 heavy (non-hydrogen) atoms. The van der Waals surface area contributed by atoms with Gasteiger partial charge in [-0.1, -0.05) is 19.1 Å². The summed E-state index contributed by atoms with van der Waals surface area (Å²) < 4.78 is 19.3. The van der Waals surface area contributed by atoms with E-state index in [1.165, 1.54) is 25.0 Å². The molecule has 0 spiro atoms. The smallest absolute Gasteiger partial charge is 0.263 e. The molecule has 2 fully saturated rings. The van der Waals surface area contributed by atoms with E-state index in [9.17, 15) is 9.18 Å². The minimum atomic E-state index is -0.741. The number of amides is 1. The van der Waals surface area contributed by atoms with E-state index in [0.717, 1.165) is 30.6 Å². The van der Waals surface area contributed by atoms with Crippen molar-refractivity contribution in [2.75, 3.05) is 49.1 Å². The van der Waals surface area contributed by atoms with Crippen molar-refractivity contribution >= 4 is 17.5 Å². The fourth-order valence-corrected chi connectivity index (χ4v) is 4.09. The summed E-state index contributed by atoms with van der Waals surface area (Å²) in [4.78, 5) is 18.9. The molecule has 0 bridgehead atoms. The van der Waals surface area contributed by atoms with E-state index in [2.05, 4.69) is 26.9 Å². The molecule has 2 aliphatic rings. The molecule has 0 saturated carbocycles. The fraction of sp³-hybridized carbons (Fsp3) is 0.522. The molecule has 1 atom stereocenters. The highest BCUT2D eigenvalue weighted by Crippen LogP contribution is 2.23. The van der Waals surface area contributed by atoms with Crippen LogP contribution in [-0.2, 0) is 4.79 Å². The molecule has 8 heteroatoms. The number of ether oxygens (including phenoxy) is 1. The van der Waals surface area contributed by atoms with Crippen LogP contribution in [0.3, 0.4) is 0 Å². The van der Waals surface area contributed by atoms with Crippen LogP contribution in [0.2, 0.25) is 0 Å². The average molecular weight is 428 g/mol. The first-order chi connectivity index (χ1) is 15.0. The van der Waals surface area contributed by atoms with Crippen LogP contribution in [0.1, 0.15) is 26.7 Å². The number of piperidine rings is 1. The molecule has 1 aromatic carbocycles. The SMILES string of the molecule is CC1CCN(c2ccc(N3CCN(C(=O)C(C)Oc4ccccc4F)CC3)nn2)CC1. The maximum Gasteiger partial charge on any atom is 0.263 e. The first-order valence-electron chi connectivity index (χ1n) is 11.0. The van der Waals surface area contributed by atoms with Crippen LogP contribution in [0, 0.1) is 11.7 Å². The second kappa shape index (κ2) is 9.49. The number of para-hydroxylation sites is 1. The van der Waals surface area contributed by atoms with E-state index in [-0.39, 0.29) is 11.7 Å². The van der Waals surface area contributed by atoms with Crippen LogP contribution in [0.15, 0.2) is 36.4 Å². The molecule has 2 aliphatic heterocycles. The molecule has 1 amide bonds. The van der Waals surface area contributed by atoms with Gasteiger partial charge < -0.3 is 19.4 Å². The first kappa shape index (κ1) is 21.3. The van der Waals surface area contributed by atoms with Crippen molar-refractivity contribution in [3.63, 3.8) is 0 Å². The number of halogens is 1. The molecule has 0 N–H and O–H groups in total. The van der Waals surface area contributed by atoms with E-state index in [0.29, 0.717) is 26.2 Å². The second-order valence-electron chi connectivity index (χ2n) is 8.42. The highest BCUT2D eigenvalue weighted by molar-refractivity contribution is 5.81. The minimum Gasteiger partial charge on any atom is -0.478 e. The van der Waals surface area contributed by atoms with E-state index in [1.807, 2.05) is 12.1 Å². The summed E-state index contributed by atoms with van der Waals surface area (Å²) >= 11 is 0. The zero-order valence-corrected chi connectivity index (χ0v) is 18.2. The zero-order chi connectivity index (χ0) is 21.8. The number of hydrogen-bond donors (Lipinski definition) is 0. The quantitative estimate of drug-likeness (QED) is 0.731. The fourth-order valence-electron chi connectivity index (χ4n) is 4.09. The second-order valence-corrected chi connectivity index (χ2v) is 8.42. The van der Waals surface area contributed by atoms with E-state index < -0.39 is 11.9 Å². The van der Waals surface area contributed by atoms with Gasteiger partial charge in [0.15, 0.2) is 29.3 Å². The number of aromatic nitrogens is 2. The maximum absolute atomic E-state index is 13.8. The Morgan fingerprint density at radius 2 is 1.55 bits per heavy atom. The summed E-state index contributed by atoms with van der Waals surface area (Å²) in [7, 11) is 0. The molecule has 1 aromatic heterocycles. The van der Waals surface area contributed by atoms with Gasteiger partial charge in [-0.25, -0.2) is 4.39 Å². The summed E-state index contributed by atoms with van der Waals surface area (Å²) in [6.07, 6.45) is 1.64. The number of piperazine rings is 1. The zero-order valence-electron chi connectivity index (χ0n) is 18.2. The lowest BCUT2D eigenvalue weighted by atomic mass is 9.99. The molecule has 2 saturated heterocycles. The Hall–Kier alpha value is -2.90. The molecule has 7 nitrogen and oxygen atoms in total. The monoisotopic (exact) mass is 427 g/mol. The Labute approximate surface area is 182 Å². The number of anilines is 2. The van der Waals surface area contributed by atoms with E-state index in [1.54, 1.807) is 24.0 Å². The lowest BCUT2D eigenvalue weighted by Gasteiger charge is -2.36. The molecular formula is C23H30FN5O2. The number of benzene rings is 1. The third kappa shape index (κ3) is 5.06. The van der Waals surface area contributed by atoms with Gasteiger partial charge >= 0.3 is 0 Å². The van der Waals surface area contributed by atoms with Crippen LogP contribution in [0.25, 0.3) is 0 Å². The van der Waals surface area contributed by atoms with Gasteiger partial charge in [0.25, 0.3) is 5.91 Å². The van der Waals surface area contributed by atoms with Gasteiger partial charge in [-0.05, 0) is 49.9 Å². The van der Waals surface area contributed by atoms with Gasteiger partial charge in [-0.15, -0.1) is 10.2 Å². The lowest BCUT2D eigenvalue weighted by Crippen LogP contribution is -2.52.